The van der Waals surface area contributed by atoms with E-state index < -0.39 is 21.5 Å². The first-order valence-corrected chi connectivity index (χ1v) is 8.74. The van der Waals surface area contributed by atoms with Crippen LogP contribution in [0, 0.1) is 5.41 Å². The molecule has 1 aromatic carbocycles. The van der Waals surface area contributed by atoms with Crippen molar-refractivity contribution in [3.05, 3.63) is 29.8 Å². The highest BCUT2D eigenvalue weighted by atomic mass is 32.2. The summed E-state index contributed by atoms with van der Waals surface area (Å²) in [5.41, 5.74) is 0.676. The largest absolute Gasteiger partial charge is 0.392 e. The molecule has 0 heterocycles. The van der Waals surface area contributed by atoms with Crippen LogP contribution in [0.25, 0.3) is 0 Å². The molecule has 0 radical (unpaired) electrons. The van der Waals surface area contributed by atoms with Crippen LogP contribution in [-0.2, 0) is 15.4 Å². The van der Waals surface area contributed by atoms with Crippen molar-refractivity contribution in [2.75, 3.05) is 0 Å². The Morgan fingerprint density at radius 1 is 1.19 bits per heavy atom. The highest BCUT2D eigenvalue weighted by Gasteiger charge is 2.48. The van der Waals surface area contributed by atoms with E-state index in [1.165, 1.54) is 0 Å². The van der Waals surface area contributed by atoms with Gasteiger partial charge in [-0.1, -0.05) is 46.8 Å². The smallest absolute Gasteiger partial charge is 0.240 e. The van der Waals surface area contributed by atoms with E-state index in [0.717, 1.165) is 5.56 Å². The minimum atomic E-state index is -3.54. The fraction of sp³-hybridized carbons (Fsp3) is 0.625. The molecule has 0 bridgehead atoms. The van der Waals surface area contributed by atoms with Crippen molar-refractivity contribution in [2.45, 2.75) is 63.5 Å². The van der Waals surface area contributed by atoms with Crippen molar-refractivity contribution in [3.63, 3.8) is 0 Å². The maximum Gasteiger partial charge on any atom is 0.240 e. The van der Waals surface area contributed by atoms with Gasteiger partial charge in [-0.2, -0.15) is 0 Å². The molecule has 1 fully saturated rings. The van der Waals surface area contributed by atoms with Gasteiger partial charge in [0.15, 0.2) is 0 Å². The van der Waals surface area contributed by atoms with Crippen LogP contribution in [0.1, 0.15) is 46.6 Å². The van der Waals surface area contributed by atoms with Gasteiger partial charge in [0.1, 0.15) is 0 Å². The highest BCUT2D eigenvalue weighted by molar-refractivity contribution is 7.89. The lowest BCUT2D eigenvalue weighted by Gasteiger charge is -2.49. The van der Waals surface area contributed by atoms with Crippen molar-refractivity contribution in [1.29, 1.82) is 0 Å². The van der Waals surface area contributed by atoms with Gasteiger partial charge in [-0.25, -0.2) is 13.1 Å². The van der Waals surface area contributed by atoms with Gasteiger partial charge in [-0.05, 0) is 29.5 Å². The number of benzene rings is 1. The predicted molar refractivity (Wildman–Crippen MR) is 83.7 cm³/mol. The van der Waals surface area contributed by atoms with Crippen molar-refractivity contribution in [3.8, 4) is 0 Å². The normalized spacial score (nSPS) is 25.4. The van der Waals surface area contributed by atoms with E-state index in [-0.39, 0.29) is 16.4 Å². The van der Waals surface area contributed by atoms with Gasteiger partial charge in [0.2, 0.25) is 10.0 Å². The Morgan fingerprint density at radius 3 is 2.10 bits per heavy atom. The van der Waals surface area contributed by atoms with Gasteiger partial charge in [0.05, 0.1) is 11.0 Å². The molecule has 1 aliphatic carbocycles. The average molecular weight is 311 g/mol. The molecule has 1 aliphatic rings. The summed E-state index contributed by atoms with van der Waals surface area (Å²) in [6, 6.07) is 6.78. The van der Waals surface area contributed by atoms with Crippen LogP contribution in [0.4, 0.5) is 0 Å². The number of rotatable bonds is 3. The van der Waals surface area contributed by atoms with Crippen LogP contribution in [0.15, 0.2) is 29.2 Å². The summed E-state index contributed by atoms with van der Waals surface area (Å²) in [6.07, 6.45) is 0.0141. The number of hydrogen-bond donors (Lipinski definition) is 2. The van der Waals surface area contributed by atoms with E-state index in [1.54, 1.807) is 12.1 Å². The van der Waals surface area contributed by atoms with E-state index in [9.17, 15) is 13.5 Å². The molecular weight excluding hydrogens is 286 g/mol. The van der Waals surface area contributed by atoms with E-state index in [4.69, 9.17) is 0 Å². The lowest BCUT2D eigenvalue weighted by atomic mass is 9.65. The summed E-state index contributed by atoms with van der Waals surface area (Å²) in [4.78, 5) is 0.271. The van der Waals surface area contributed by atoms with Crippen molar-refractivity contribution in [2.24, 2.45) is 5.41 Å². The SMILES string of the molecule is CC(C)(C)c1ccc(S(=O)(=O)NC2CC(O)C2(C)C)cc1. The standard InChI is InChI=1S/C16H25NO3S/c1-15(2,3)11-6-8-12(9-7-11)21(19,20)17-13-10-14(18)16(13,4)5/h6-9,13-14,17-18H,10H2,1-5H3. The first-order valence-electron chi connectivity index (χ1n) is 7.25. The van der Waals surface area contributed by atoms with E-state index in [0.29, 0.717) is 6.42 Å². The van der Waals surface area contributed by atoms with E-state index in [1.807, 2.05) is 26.0 Å². The summed E-state index contributed by atoms with van der Waals surface area (Å²) < 4.78 is 27.5. The average Bonchev–Trinajstić information content (AvgIpc) is 2.37. The highest BCUT2D eigenvalue weighted by Crippen LogP contribution is 2.41. The van der Waals surface area contributed by atoms with Crippen molar-refractivity contribution < 1.29 is 13.5 Å². The second-order valence-electron chi connectivity index (χ2n) is 7.52. The summed E-state index contributed by atoms with van der Waals surface area (Å²) in [5.74, 6) is 0. The number of sulfonamides is 1. The quantitative estimate of drug-likeness (QED) is 0.901. The zero-order valence-corrected chi connectivity index (χ0v) is 14.2. The van der Waals surface area contributed by atoms with Crippen molar-refractivity contribution >= 4 is 10.0 Å². The minimum Gasteiger partial charge on any atom is -0.392 e. The van der Waals surface area contributed by atoms with Gasteiger partial charge in [-0.3, -0.25) is 0 Å². The fourth-order valence-corrected chi connectivity index (χ4v) is 3.90. The molecule has 0 spiro atoms. The van der Waals surface area contributed by atoms with Gasteiger partial charge in [0.25, 0.3) is 0 Å². The van der Waals surface area contributed by atoms with Crippen LogP contribution in [0.3, 0.4) is 0 Å². The van der Waals surface area contributed by atoms with Crippen LogP contribution < -0.4 is 4.72 Å². The predicted octanol–water partition coefficient (Wildman–Crippen LogP) is 2.42. The molecule has 0 aromatic heterocycles. The van der Waals surface area contributed by atoms with E-state index in [2.05, 4.69) is 25.5 Å². The Morgan fingerprint density at radius 2 is 1.71 bits per heavy atom. The third kappa shape index (κ3) is 3.15. The Kier molecular flexibility index (Phi) is 3.98. The number of aliphatic hydroxyl groups is 1. The maximum absolute atomic E-state index is 12.4. The second kappa shape index (κ2) is 5.07. The Labute approximate surface area is 127 Å². The summed E-state index contributed by atoms with van der Waals surface area (Å²) in [7, 11) is -3.54. The molecule has 0 aliphatic heterocycles. The van der Waals surface area contributed by atoms with Crippen LogP contribution in [-0.4, -0.2) is 25.7 Å². The molecule has 1 saturated carbocycles. The Hall–Kier alpha value is -0.910. The van der Waals surface area contributed by atoms with Gasteiger partial charge in [0, 0.05) is 11.5 Å². The molecule has 5 heteroatoms. The second-order valence-corrected chi connectivity index (χ2v) is 9.24. The summed E-state index contributed by atoms with van der Waals surface area (Å²) >= 11 is 0. The van der Waals surface area contributed by atoms with Crippen LogP contribution in [0.2, 0.25) is 0 Å². The molecule has 2 unspecified atom stereocenters. The van der Waals surface area contributed by atoms with Crippen LogP contribution >= 0.6 is 0 Å². The summed E-state index contributed by atoms with van der Waals surface area (Å²) in [6.45, 7) is 10.0. The molecule has 2 atom stereocenters. The molecule has 2 N–H and O–H groups in total. The third-order valence-electron chi connectivity index (χ3n) is 4.54. The minimum absolute atomic E-state index is 0.00417. The molecule has 1 aromatic rings. The topological polar surface area (TPSA) is 66.4 Å². The molecule has 2 rings (SSSR count). The molecular formula is C16H25NO3S. The molecule has 0 saturated heterocycles. The third-order valence-corrected chi connectivity index (χ3v) is 6.03. The van der Waals surface area contributed by atoms with Gasteiger partial charge < -0.3 is 5.11 Å². The lowest BCUT2D eigenvalue weighted by Crippen LogP contribution is -2.61. The zero-order chi connectivity index (χ0) is 16.1. The number of aliphatic hydroxyl groups excluding tert-OH is 1. The van der Waals surface area contributed by atoms with Crippen LogP contribution in [0.5, 0.6) is 0 Å². The summed E-state index contributed by atoms with van der Waals surface area (Å²) in [5, 5.41) is 9.70. The van der Waals surface area contributed by atoms with Crippen molar-refractivity contribution in [1.82, 2.24) is 4.72 Å². The van der Waals surface area contributed by atoms with Gasteiger partial charge in [-0.15, -0.1) is 0 Å². The molecule has 118 valence electrons. The molecule has 4 nitrogen and oxygen atoms in total. The van der Waals surface area contributed by atoms with Gasteiger partial charge >= 0.3 is 0 Å². The molecule has 21 heavy (non-hydrogen) atoms. The first-order chi connectivity index (χ1) is 9.44. The Balaban J connectivity index is 2.17. The lowest BCUT2D eigenvalue weighted by molar-refractivity contribution is -0.0645. The molecule has 0 amide bonds. The number of nitrogens with one attached hydrogen (secondary N) is 1. The van der Waals surface area contributed by atoms with E-state index >= 15 is 0 Å². The monoisotopic (exact) mass is 311 g/mol. The zero-order valence-electron chi connectivity index (χ0n) is 13.3. The number of hydrogen-bond acceptors (Lipinski definition) is 3. The first kappa shape index (κ1) is 16.5. The maximum atomic E-state index is 12.4. The fourth-order valence-electron chi connectivity index (χ4n) is 2.49. The Bertz CT molecular complexity index is 612.